The Hall–Kier alpha value is -0.690. The molecule has 0 spiro atoms. The summed E-state index contributed by atoms with van der Waals surface area (Å²) < 4.78 is 31.8. The molecule has 0 radical (unpaired) electrons. The van der Waals surface area contributed by atoms with Gasteiger partial charge < -0.3 is 4.74 Å². The van der Waals surface area contributed by atoms with Gasteiger partial charge in [0, 0.05) is 37.3 Å². The van der Waals surface area contributed by atoms with Gasteiger partial charge in [0.05, 0.1) is 18.0 Å². The predicted molar refractivity (Wildman–Crippen MR) is 78.4 cm³/mol. The molecule has 7 heteroatoms. The third kappa shape index (κ3) is 4.15. The first kappa shape index (κ1) is 15.7. The van der Waals surface area contributed by atoms with Crippen LogP contribution < -0.4 is 0 Å². The first-order chi connectivity index (χ1) is 9.51. The molecule has 2 unspecified atom stereocenters. The number of nitrogens with zero attached hydrogens (tertiary/aromatic N) is 2. The van der Waals surface area contributed by atoms with Gasteiger partial charge in [-0.2, -0.15) is 4.31 Å². The van der Waals surface area contributed by atoms with Gasteiger partial charge in [-0.3, -0.25) is 4.98 Å². The van der Waals surface area contributed by atoms with E-state index in [4.69, 9.17) is 16.3 Å². The largest absolute Gasteiger partial charge is 0.371 e. The zero-order valence-electron chi connectivity index (χ0n) is 11.4. The summed E-state index contributed by atoms with van der Waals surface area (Å²) in [6, 6.07) is 5.50. The summed E-state index contributed by atoms with van der Waals surface area (Å²) in [7, 11) is -3.30. The Morgan fingerprint density at radius 3 is 2.90 bits per heavy atom. The summed E-state index contributed by atoms with van der Waals surface area (Å²) in [4.78, 5) is 4.14. The molecule has 2 rings (SSSR count). The Balaban J connectivity index is 1.99. The quantitative estimate of drug-likeness (QED) is 0.767. The van der Waals surface area contributed by atoms with Gasteiger partial charge in [0.2, 0.25) is 10.0 Å². The number of sulfonamides is 1. The van der Waals surface area contributed by atoms with Crippen LogP contribution in [0.2, 0.25) is 0 Å². The van der Waals surface area contributed by atoms with Crippen molar-refractivity contribution in [3.8, 4) is 0 Å². The van der Waals surface area contributed by atoms with Gasteiger partial charge in [0.15, 0.2) is 0 Å². The minimum atomic E-state index is -3.30. The van der Waals surface area contributed by atoms with Crippen LogP contribution in [0.15, 0.2) is 24.4 Å². The maximum Gasteiger partial charge on any atom is 0.214 e. The summed E-state index contributed by atoms with van der Waals surface area (Å²) in [5.41, 5.74) is 0.784. The third-order valence-corrected chi connectivity index (χ3v) is 5.35. The molecule has 112 valence electrons. The number of hydrogen-bond donors (Lipinski definition) is 0. The lowest BCUT2D eigenvalue weighted by molar-refractivity contribution is -0.0423. The van der Waals surface area contributed by atoms with Crippen LogP contribution >= 0.6 is 11.6 Å². The van der Waals surface area contributed by atoms with E-state index in [9.17, 15) is 8.42 Å². The number of ether oxygens (including phenoxy) is 1. The van der Waals surface area contributed by atoms with E-state index in [0.717, 1.165) is 5.69 Å². The number of hydrogen-bond acceptors (Lipinski definition) is 4. The van der Waals surface area contributed by atoms with E-state index in [2.05, 4.69) is 4.98 Å². The molecule has 5 nitrogen and oxygen atoms in total. The highest BCUT2D eigenvalue weighted by Crippen LogP contribution is 2.16. The molecule has 2 atom stereocenters. The van der Waals surface area contributed by atoms with Crippen molar-refractivity contribution in [2.24, 2.45) is 0 Å². The molecule has 0 aliphatic carbocycles. The van der Waals surface area contributed by atoms with Crippen molar-refractivity contribution in [2.75, 3.05) is 24.7 Å². The molecule has 1 saturated heterocycles. The molecule has 0 amide bonds. The van der Waals surface area contributed by atoms with E-state index in [1.165, 1.54) is 4.31 Å². The van der Waals surface area contributed by atoms with E-state index < -0.39 is 10.0 Å². The van der Waals surface area contributed by atoms with Gasteiger partial charge in [-0.15, -0.1) is 11.6 Å². The lowest BCUT2D eigenvalue weighted by atomic mass is 10.3. The summed E-state index contributed by atoms with van der Waals surface area (Å²) in [5.74, 6) is 0.363. The monoisotopic (exact) mass is 318 g/mol. The highest BCUT2D eigenvalue weighted by Gasteiger charge is 2.32. The molecule has 2 heterocycles. The molecule has 0 bridgehead atoms. The standard InChI is InChI=1S/C13H19ClN2O3S/c1-11-9-16(10-13(8-14)19-11)20(17,18)7-5-12-4-2-3-6-15-12/h2-4,6,11,13H,5,7-10H2,1H3. The van der Waals surface area contributed by atoms with Crippen molar-refractivity contribution in [3.05, 3.63) is 30.1 Å². The normalized spacial score (nSPS) is 24.7. The van der Waals surface area contributed by atoms with Crippen molar-refractivity contribution in [1.29, 1.82) is 0 Å². The topological polar surface area (TPSA) is 59.5 Å². The van der Waals surface area contributed by atoms with Crippen molar-refractivity contribution in [2.45, 2.75) is 25.6 Å². The van der Waals surface area contributed by atoms with Crippen molar-refractivity contribution < 1.29 is 13.2 Å². The maximum absolute atomic E-state index is 12.4. The molecule has 1 aromatic rings. The molecular weight excluding hydrogens is 300 g/mol. The Bertz CT molecular complexity index is 524. The smallest absolute Gasteiger partial charge is 0.214 e. The molecule has 1 aliphatic rings. The van der Waals surface area contributed by atoms with Crippen LogP contribution in [-0.2, 0) is 21.2 Å². The van der Waals surface area contributed by atoms with Crippen LogP contribution in [0.25, 0.3) is 0 Å². The lowest BCUT2D eigenvalue weighted by Gasteiger charge is -2.35. The van der Waals surface area contributed by atoms with Crippen LogP contribution in [0.4, 0.5) is 0 Å². The van der Waals surface area contributed by atoms with E-state index >= 15 is 0 Å². The highest BCUT2D eigenvalue weighted by molar-refractivity contribution is 7.89. The van der Waals surface area contributed by atoms with Crippen LogP contribution in [0.3, 0.4) is 0 Å². The van der Waals surface area contributed by atoms with Gasteiger partial charge in [-0.1, -0.05) is 6.07 Å². The van der Waals surface area contributed by atoms with Crippen molar-refractivity contribution >= 4 is 21.6 Å². The second kappa shape index (κ2) is 6.85. The van der Waals surface area contributed by atoms with Crippen LogP contribution in [0.1, 0.15) is 12.6 Å². The molecule has 0 aromatic carbocycles. The van der Waals surface area contributed by atoms with Gasteiger partial charge in [-0.25, -0.2) is 8.42 Å². The molecular formula is C13H19ClN2O3S. The number of aryl methyl sites for hydroxylation is 1. The number of halogens is 1. The average Bonchev–Trinajstić information content (AvgIpc) is 2.45. The minimum Gasteiger partial charge on any atom is -0.371 e. The molecule has 0 N–H and O–H groups in total. The van der Waals surface area contributed by atoms with E-state index in [0.29, 0.717) is 25.4 Å². The SMILES string of the molecule is CC1CN(S(=O)(=O)CCc2ccccn2)CC(CCl)O1. The van der Waals surface area contributed by atoms with Gasteiger partial charge in [0.1, 0.15) is 0 Å². The van der Waals surface area contributed by atoms with E-state index in [1.54, 1.807) is 6.20 Å². The fraction of sp³-hybridized carbons (Fsp3) is 0.615. The number of morpholine rings is 1. The highest BCUT2D eigenvalue weighted by atomic mass is 35.5. The van der Waals surface area contributed by atoms with Crippen LogP contribution in [0, 0.1) is 0 Å². The molecule has 20 heavy (non-hydrogen) atoms. The molecule has 1 aliphatic heterocycles. The minimum absolute atomic E-state index is 0.0612. The fourth-order valence-electron chi connectivity index (χ4n) is 2.22. The van der Waals surface area contributed by atoms with Crippen molar-refractivity contribution in [1.82, 2.24) is 9.29 Å². The summed E-state index contributed by atoms with van der Waals surface area (Å²) in [6.07, 6.45) is 1.73. The Morgan fingerprint density at radius 2 is 2.25 bits per heavy atom. The summed E-state index contributed by atoms with van der Waals surface area (Å²) >= 11 is 5.78. The van der Waals surface area contributed by atoms with E-state index in [-0.39, 0.29) is 18.0 Å². The Labute approximate surface area is 125 Å². The van der Waals surface area contributed by atoms with E-state index in [1.807, 2.05) is 25.1 Å². The zero-order valence-corrected chi connectivity index (χ0v) is 13.0. The first-order valence-corrected chi connectivity index (χ1v) is 8.75. The number of alkyl halides is 1. The van der Waals surface area contributed by atoms with Gasteiger partial charge in [-0.05, 0) is 19.1 Å². The Morgan fingerprint density at radius 1 is 1.45 bits per heavy atom. The number of pyridine rings is 1. The van der Waals surface area contributed by atoms with Crippen molar-refractivity contribution in [3.63, 3.8) is 0 Å². The Kier molecular flexibility index (Phi) is 5.37. The lowest BCUT2D eigenvalue weighted by Crippen LogP contribution is -2.50. The average molecular weight is 319 g/mol. The predicted octanol–water partition coefficient (Wildman–Crippen LogP) is 1.28. The van der Waals surface area contributed by atoms with Gasteiger partial charge in [0.25, 0.3) is 0 Å². The molecule has 1 fully saturated rings. The van der Waals surface area contributed by atoms with Gasteiger partial charge >= 0.3 is 0 Å². The maximum atomic E-state index is 12.4. The second-order valence-electron chi connectivity index (χ2n) is 4.93. The number of rotatable bonds is 5. The molecule has 1 aromatic heterocycles. The van der Waals surface area contributed by atoms with Crippen LogP contribution in [-0.4, -0.2) is 54.6 Å². The second-order valence-corrected chi connectivity index (χ2v) is 7.32. The number of aromatic nitrogens is 1. The first-order valence-electron chi connectivity index (χ1n) is 6.60. The third-order valence-electron chi connectivity index (χ3n) is 3.20. The summed E-state index contributed by atoms with van der Waals surface area (Å²) in [5, 5.41) is 0. The summed E-state index contributed by atoms with van der Waals surface area (Å²) in [6.45, 7) is 2.58. The van der Waals surface area contributed by atoms with Crippen LogP contribution in [0.5, 0.6) is 0 Å². The zero-order chi connectivity index (χ0) is 14.6. The molecule has 0 saturated carbocycles. The fourth-order valence-corrected chi connectivity index (χ4v) is 3.95.